The summed E-state index contributed by atoms with van der Waals surface area (Å²) in [7, 11) is -3.36. The molecule has 0 radical (unpaired) electrons. The van der Waals surface area contributed by atoms with Gasteiger partial charge >= 0.3 is 0 Å². The quantitative estimate of drug-likeness (QED) is 0.878. The maximum atomic E-state index is 12.9. The SMILES string of the molecule is Cc1cc(C(=O)N2C[C@@H](NS(C)(=O)=O)[C@H]3OCCC[C@H]32)c(C)o1. The number of amides is 1. The zero-order chi connectivity index (χ0) is 16.8. The van der Waals surface area contributed by atoms with Crippen molar-refractivity contribution in [2.75, 3.05) is 19.4 Å². The third kappa shape index (κ3) is 3.29. The van der Waals surface area contributed by atoms with Crippen molar-refractivity contribution in [2.24, 2.45) is 0 Å². The van der Waals surface area contributed by atoms with Gasteiger partial charge in [0.25, 0.3) is 5.91 Å². The summed E-state index contributed by atoms with van der Waals surface area (Å²) in [5.74, 6) is 1.14. The van der Waals surface area contributed by atoms with Crippen molar-refractivity contribution in [3.8, 4) is 0 Å². The number of ether oxygens (including phenoxy) is 1. The van der Waals surface area contributed by atoms with Gasteiger partial charge in [0.2, 0.25) is 10.0 Å². The van der Waals surface area contributed by atoms with Crippen LogP contribution in [0.1, 0.15) is 34.7 Å². The summed E-state index contributed by atoms with van der Waals surface area (Å²) in [6.07, 6.45) is 2.50. The smallest absolute Gasteiger partial charge is 0.257 e. The molecule has 0 aliphatic carbocycles. The number of furan rings is 1. The molecule has 128 valence electrons. The minimum absolute atomic E-state index is 0.106. The van der Waals surface area contributed by atoms with E-state index >= 15 is 0 Å². The van der Waals surface area contributed by atoms with Crippen LogP contribution >= 0.6 is 0 Å². The number of hydrogen-bond donors (Lipinski definition) is 1. The van der Waals surface area contributed by atoms with Crippen LogP contribution in [0.3, 0.4) is 0 Å². The molecule has 23 heavy (non-hydrogen) atoms. The summed E-state index contributed by atoms with van der Waals surface area (Å²) >= 11 is 0. The van der Waals surface area contributed by atoms with Gasteiger partial charge < -0.3 is 14.1 Å². The highest BCUT2D eigenvalue weighted by Crippen LogP contribution is 2.31. The van der Waals surface area contributed by atoms with Crippen molar-refractivity contribution >= 4 is 15.9 Å². The number of fused-ring (bicyclic) bond motifs is 1. The van der Waals surface area contributed by atoms with Gasteiger partial charge in [-0.2, -0.15) is 0 Å². The number of aryl methyl sites for hydroxylation is 2. The fourth-order valence-corrected chi connectivity index (χ4v) is 4.33. The monoisotopic (exact) mass is 342 g/mol. The standard InChI is InChI=1S/C15H22N2O5S/c1-9-7-11(10(2)22-9)15(18)17-8-12(16-23(3,19)20)14-13(17)5-4-6-21-14/h7,12-14,16H,4-6,8H2,1-3H3/t12-,13-,14-/m1/s1. The third-order valence-electron chi connectivity index (χ3n) is 4.42. The van der Waals surface area contributed by atoms with E-state index in [4.69, 9.17) is 9.15 Å². The Bertz CT molecular complexity index is 711. The molecule has 7 nitrogen and oxygen atoms in total. The van der Waals surface area contributed by atoms with E-state index in [1.54, 1.807) is 24.8 Å². The first-order valence-corrected chi connectivity index (χ1v) is 9.62. The molecule has 0 spiro atoms. The fourth-order valence-electron chi connectivity index (χ4n) is 3.57. The molecule has 1 aromatic rings. The van der Waals surface area contributed by atoms with Gasteiger partial charge in [-0.1, -0.05) is 0 Å². The summed E-state index contributed by atoms with van der Waals surface area (Å²) in [5.41, 5.74) is 0.534. The summed E-state index contributed by atoms with van der Waals surface area (Å²) in [5, 5.41) is 0. The van der Waals surface area contributed by atoms with E-state index in [9.17, 15) is 13.2 Å². The average molecular weight is 342 g/mol. The van der Waals surface area contributed by atoms with Crippen LogP contribution in [0.5, 0.6) is 0 Å². The lowest BCUT2D eigenvalue weighted by Crippen LogP contribution is -2.47. The molecule has 1 aromatic heterocycles. The summed E-state index contributed by atoms with van der Waals surface area (Å²) in [6, 6.07) is 1.21. The van der Waals surface area contributed by atoms with Crippen LogP contribution in [-0.4, -0.2) is 56.8 Å². The van der Waals surface area contributed by atoms with Crippen molar-refractivity contribution in [2.45, 2.75) is 44.9 Å². The van der Waals surface area contributed by atoms with E-state index in [1.807, 2.05) is 0 Å². The van der Waals surface area contributed by atoms with Gasteiger partial charge in [0.05, 0.1) is 30.0 Å². The largest absolute Gasteiger partial charge is 0.466 e. The zero-order valence-corrected chi connectivity index (χ0v) is 14.4. The molecule has 2 aliphatic heterocycles. The lowest BCUT2D eigenvalue weighted by Gasteiger charge is -2.32. The van der Waals surface area contributed by atoms with Crippen LogP contribution < -0.4 is 4.72 Å². The van der Waals surface area contributed by atoms with Crippen LogP contribution in [-0.2, 0) is 14.8 Å². The number of carbonyl (C=O) groups is 1. The second-order valence-electron chi connectivity index (χ2n) is 6.33. The predicted octanol–water partition coefficient (Wildman–Crippen LogP) is 0.818. The highest BCUT2D eigenvalue weighted by atomic mass is 32.2. The van der Waals surface area contributed by atoms with E-state index in [0.717, 1.165) is 19.1 Å². The minimum Gasteiger partial charge on any atom is -0.466 e. The van der Waals surface area contributed by atoms with Gasteiger partial charge in [-0.3, -0.25) is 4.79 Å². The van der Waals surface area contributed by atoms with Crippen molar-refractivity contribution in [3.05, 3.63) is 23.2 Å². The first-order chi connectivity index (χ1) is 10.8. The molecule has 0 unspecified atom stereocenters. The molecule has 2 aliphatic rings. The van der Waals surface area contributed by atoms with E-state index in [2.05, 4.69) is 4.72 Å². The molecule has 3 heterocycles. The fraction of sp³-hybridized carbons (Fsp3) is 0.667. The Kier molecular flexibility index (Phi) is 4.24. The molecule has 2 saturated heterocycles. The van der Waals surface area contributed by atoms with Crippen molar-refractivity contribution in [1.82, 2.24) is 9.62 Å². The number of nitrogens with zero attached hydrogens (tertiary/aromatic N) is 1. The molecule has 0 bridgehead atoms. The molecular formula is C15H22N2O5S. The first-order valence-electron chi connectivity index (χ1n) is 7.73. The molecule has 8 heteroatoms. The van der Waals surface area contributed by atoms with Crippen LogP contribution in [0.2, 0.25) is 0 Å². The summed E-state index contributed by atoms with van der Waals surface area (Å²) in [6.45, 7) is 4.46. The Morgan fingerprint density at radius 3 is 2.74 bits per heavy atom. The van der Waals surface area contributed by atoms with E-state index < -0.39 is 16.1 Å². The Labute approximate surface area is 136 Å². The lowest BCUT2D eigenvalue weighted by atomic mass is 10.0. The average Bonchev–Trinajstić information content (AvgIpc) is 2.97. The maximum absolute atomic E-state index is 12.9. The highest BCUT2D eigenvalue weighted by molar-refractivity contribution is 7.88. The Hall–Kier alpha value is -1.38. The highest BCUT2D eigenvalue weighted by Gasteiger charge is 2.47. The molecule has 1 amide bonds. The van der Waals surface area contributed by atoms with Crippen LogP contribution in [0.4, 0.5) is 0 Å². The lowest BCUT2D eigenvalue weighted by molar-refractivity contribution is -0.0156. The van der Waals surface area contributed by atoms with Gasteiger partial charge in [-0.05, 0) is 32.8 Å². The molecule has 3 rings (SSSR count). The van der Waals surface area contributed by atoms with Crippen LogP contribution in [0.25, 0.3) is 0 Å². The number of nitrogens with one attached hydrogen (secondary N) is 1. The van der Waals surface area contributed by atoms with Crippen molar-refractivity contribution in [3.63, 3.8) is 0 Å². The Balaban J connectivity index is 1.87. The second-order valence-corrected chi connectivity index (χ2v) is 8.11. The van der Waals surface area contributed by atoms with Crippen LogP contribution in [0.15, 0.2) is 10.5 Å². The van der Waals surface area contributed by atoms with E-state index in [1.165, 1.54) is 0 Å². The topological polar surface area (TPSA) is 88.9 Å². The number of carbonyl (C=O) groups excluding carboxylic acids is 1. The number of rotatable bonds is 3. The second kappa shape index (κ2) is 5.92. The van der Waals surface area contributed by atoms with Crippen LogP contribution in [0, 0.1) is 13.8 Å². The van der Waals surface area contributed by atoms with E-state index in [0.29, 0.717) is 30.2 Å². The number of likely N-dealkylation sites (tertiary alicyclic amines) is 1. The van der Waals surface area contributed by atoms with Crippen molar-refractivity contribution < 1.29 is 22.4 Å². The molecule has 3 atom stereocenters. The van der Waals surface area contributed by atoms with Gasteiger partial charge in [-0.15, -0.1) is 0 Å². The van der Waals surface area contributed by atoms with Crippen molar-refractivity contribution in [1.29, 1.82) is 0 Å². The molecule has 1 N–H and O–H groups in total. The minimum atomic E-state index is -3.36. The maximum Gasteiger partial charge on any atom is 0.257 e. The summed E-state index contributed by atoms with van der Waals surface area (Å²) in [4.78, 5) is 14.6. The zero-order valence-electron chi connectivity index (χ0n) is 13.5. The number of hydrogen-bond acceptors (Lipinski definition) is 5. The first kappa shape index (κ1) is 16.5. The molecule has 0 aromatic carbocycles. The van der Waals surface area contributed by atoms with Gasteiger partial charge in [0.15, 0.2) is 0 Å². The number of sulfonamides is 1. The van der Waals surface area contributed by atoms with Gasteiger partial charge in [-0.25, -0.2) is 13.1 Å². The Morgan fingerprint density at radius 1 is 1.39 bits per heavy atom. The molecular weight excluding hydrogens is 320 g/mol. The third-order valence-corrected chi connectivity index (χ3v) is 5.15. The Morgan fingerprint density at radius 2 is 2.13 bits per heavy atom. The van der Waals surface area contributed by atoms with Gasteiger partial charge in [0, 0.05) is 13.2 Å². The molecule has 0 saturated carbocycles. The molecule has 2 fully saturated rings. The predicted molar refractivity (Wildman–Crippen MR) is 83.7 cm³/mol. The van der Waals surface area contributed by atoms with Gasteiger partial charge in [0.1, 0.15) is 11.5 Å². The summed E-state index contributed by atoms with van der Waals surface area (Å²) < 4.78 is 37.0. The van der Waals surface area contributed by atoms with E-state index in [-0.39, 0.29) is 18.1 Å². The normalized spacial score (nSPS) is 28.0.